The van der Waals surface area contributed by atoms with Crippen LogP contribution in [0.5, 0.6) is 0 Å². The number of carbonyl (C=O) groups excluding carboxylic acids is 1. The van der Waals surface area contributed by atoms with Crippen molar-refractivity contribution in [3.8, 4) is 0 Å². The van der Waals surface area contributed by atoms with E-state index >= 15 is 0 Å². The Hall–Kier alpha value is -2.17. The van der Waals surface area contributed by atoms with Gasteiger partial charge in [0.15, 0.2) is 10.8 Å². The smallest absolute Gasteiger partial charge is 0.260 e. The van der Waals surface area contributed by atoms with Crippen LogP contribution in [-0.2, 0) is 14.8 Å². The number of nitrogens with two attached hydrogens (primary N) is 2. The van der Waals surface area contributed by atoms with E-state index < -0.39 is 22.0 Å². The van der Waals surface area contributed by atoms with E-state index in [1.165, 1.54) is 4.40 Å². The van der Waals surface area contributed by atoms with Crippen LogP contribution in [0.4, 0.5) is 5.82 Å². The lowest BCUT2D eigenvalue weighted by Gasteiger charge is -2.13. The molecule has 114 valence electrons. The third-order valence-electron chi connectivity index (χ3n) is 2.74. The van der Waals surface area contributed by atoms with Crippen molar-refractivity contribution < 1.29 is 13.2 Å². The Morgan fingerprint density at radius 3 is 2.81 bits per heavy atom. The molecule has 0 spiro atoms. The van der Waals surface area contributed by atoms with E-state index in [-0.39, 0.29) is 17.3 Å². The maximum atomic E-state index is 12.5. The van der Waals surface area contributed by atoms with Crippen LogP contribution in [0.2, 0.25) is 0 Å². The molecule has 1 unspecified atom stereocenters. The largest absolute Gasteiger partial charge is 0.370 e. The molecule has 0 aliphatic carbocycles. The van der Waals surface area contributed by atoms with E-state index in [9.17, 15) is 13.2 Å². The minimum Gasteiger partial charge on any atom is -0.370 e. The first-order chi connectivity index (χ1) is 9.85. The molecule has 0 saturated carbocycles. The quantitative estimate of drug-likeness (QED) is 0.404. The lowest BCUT2D eigenvalue weighted by atomic mass is 10.2. The van der Waals surface area contributed by atoms with Gasteiger partial charge in [0.25, 0.3) is 10.0 Å². The monoisotopic (exact) mass is 312 g/mol. The molecular formula is C11H16N6O3S. The standard InChI is InChI=1S/C11H16N6O3S/c1-7(6-8(12)18)16-21(19,20)11-10(15-13)14-9-4-2-3-5-17(9)11/h2-5,7,15-16H,6,13H2,1H3,(H2,12,18). The molecule has 0 bridgehead atoms. The molecule has 0 saturated heterocycles. The molecular weight excluding hydrogens is 296 g/mol. The fourth-order valence-electron chi connectivity index (χ4n) is 1.99. The second-order valence-electron chi connectivity index (χ2n) is 4.53. The molecule has 0 aliphatic rings. The number of pyridine rings is 1. The Balaban J connectivity index is 2.46. The number of carbonyl (C=O) groups is 1. The Morgan fingerprint density at radius 2 is 2.19 bits per heavy atom. The highest BCUT2D eigenvalue weighted by atomic mass is 32.2. The van der Waals surface area contributed by atoms with E-state index in [0.717, 1.165) is 0 Å². The van der Waals surface area contributed by atoms with E-state index in [0.29, 0.717) is 5.65 Å². The highest BCUT2D eigenvalue weighted by molar-refractivity contribution is 7.89. The zero-order chi connectivity index (χ0) is 15.6. The van der Waals surface area contributed by atoms with Crippen molar-refractivity contribution in [3.05, 3.63) is 24.4 Å². The molecule has 21 heavy (non-hydrogen) atoms. The van der Waals surface area contributed by atoms with Gasteiger partial charge in [0, 0.05) is 18.7 Å². The third kappa shape index (κ3) is 3.12. The summed E-state index contributed by atoms with van der Waals surface area (Å²) in [6, 6.07) is 4.39. The number of hydrogen-bond donors (Lipinski definition) is 4. The number of sulfonamides is 1. The van der Waals surface area contributed by atoms with Crippen LogP contribution < -0.4 is 21.7 Å². The van der Waals surface area contributed by atoms with E-state index in [1.54, 1.807) is 31.3 Å². The Bertz CT molecular complexity index is 769. The maximum absolute atomic E-state index is 12.5. The van der Waals surface area contributed by atoms with Crippen LogP contribution in [0, 0.1) is 0 Å². The maximum Gasteiger partial charge on any atom is 0.260 e. The van der Waals surface area contributed by atoms with Crippen molar-refractivity contribution in [1.29, 1.82) is 0 Å². The minimum atomic E-state index is -3.93. The van der Waals surface area contributed by atoms with Gasteiger partial charge in [-0.15, -0.1) is 0 Å². The van der Waals surface area contributed by atoms with Crippen molar-refractivity contribution in [2.24, 2.45) is 11.6 Å². The number of amides is 1. The third-order valence-corrected chi connectivity index (χ3v) is 4.35. The fraction of sp³-hybridized carbons (Fsp3) is 0.273. The molecule has 2 aromatic heterocycles. The van der Waals surface area contributed by atoms with Gasteiger partial charge in [0.1, 0.15) is 5.65 Å². The van der Waals surface area contributed by atoms with Crippen LogP contribution in [0.1, 0.15) is 13.3 Å². The predicted octanol–water partition coefficient (Wildman–Crippen LogP) is -0.838. The van der Waals surface area contributed by atoms with Gasteiger partial charge in [-0.2, -0.15) is 0 Å². The number of imidazole rings is 1. The highest BCUT2D eigenvalue weighted by Gasteiger charge is 2.26. The molecule has 6 N–H and O–H groups in total. The SMILES string of the molecule is CC(CC(N)=O)NS(=O)(=O)c1c(NN)nc2ccccn12. The number of aromatic nitrogens is 2. The summed E-state index contributed by atoms with van der Waals surface area (Å²) in [5.74, 6) is 4.75. The van der Waals surface area contributed by atoms with E-state index in [2.05, 4.69) is 15.1 Å². The fourth-order valence-corrected chi connectivity index (χ4v) is 3.49. The number of nitrogens with zero attached hydrogens (tertiary/aromatic N) is 2. The molecule has 9 nitrogen and oxygen atoms in total. The minimum absolute atomic E-state index is 0.0139. The normalized spacial score (nSPS) is 13.2. The average molecular weight is 312 g/mol. The van der Waals surface area contributed by atoms with E-state index in [1.807, 2.05) is 0 Å². The zero-order valence-electron chi connectivity index (χ0n) is 11.3. The number of nitrogen functional groups attached to an aromatic ring is 1. The summed E-state index contributed by atoms with van der Waals surface area (Å²) in [6.07, 6.45) is 1.44. The average Bonchev–Trinajstić information content (AvgIpc) is 2.75. The lowest BCUT2D eigenvalue weighted by Crippen LogP contribution is -2.36. The molecule has 2 heterocycles. The number of hydrazine groups is 1. The topological polar surface area (TPSA) is 145 Å². The summed E-state index contributed by atoms with van der Waals surface area (Å²) >= 11 is 0. The molecule has 0 aliphatic heterocycles. The van der Waals surface area contributed by atoms with Crippen LogP contribution in [-0.4, -0.2) is 29.8 Å². The summed E-state index contributed by atoms with van der Waals surface area (Å²) in [5, 5.41) is -0.128. The van der Waals surface area contributed by atoms with Gasteiger partial charge in [-0.1, -0.05) is 6.07 Å². The zero-order valence-corrected chi connectivity index (χ0v) is 12.1. The molecule has 2 rings (SSSR count). The molecule has 1 atom stereocenters. The molecule has 10 heteroatoms. The summed E-state index contributed by atoms with van der Waals surface area (Å²) < 4.78 is 28.7. The van der Waals surface area contributed by atoms with Gasteiger partial charge >= 0.3 is 0 Å². The number of nitrogens with one attached hydrogen (secondary N) is 2. The van der Waals surface area contributed by atoms with Crippen molar-refractivity contribution in [3.63, 3.8) is 0 Å². The van der Waals surface area contributed by atoms with Gasteiger partial charge in [-0.3, -0.25) is 9.20 Å². The van der Waals surface area contributed by atoms with Crippen molar-refractivity contribution in [1.82, 2.24) is 14.1 Å². The number of fused-ring (bicyclic) bond motifs is 1. The first kappa shape index (κ1) is 15.2. The highest BCUT2D eigenvalue weighted by Crippen LogP contribution is 2.22. The van der Waals surface area contributed by atoms with Crippen LogP contribution in [0.3, 0.4) is 0 Å². The van der Waals surface area contributed by atoms with Crippen molar-refractivity contribution >= 4 is 27.4 Å². The molecule has 0 aromatic carbocycles. The number of anilines is 1. The first-order valence-electron chi connectivity index (χ1n) is 6.09. The molecule has 2 aromatic rings. The van der Waals surface area contributed by atoms with Crippen LogP contribution in [0.15, 0.2) is 29.4 Å². The summed E-state index contributed by atoms with van der Waals surface area (Å²) in [6.45, 7) is 1.54. The summed E-state index contributed by atoms with van der Waals surface area (Å²) in [7, 11) is -3.93. The number of rotatable bonds is 6. The number of hydrogen-bond acceptors (Lipinski definition) is 6. The van der Waals surface area contributed by atoms with Crippen LogP contribution >= 0.6 is 0 Å². The van der Waals surface area contributed by atoms with E-state index in [4.69, 9.17) is 11.6 Å². The van der Waals surface area contributed by atoms with Crippen LogP contribution in [0.25, 0.3) is 5.65 Å². The predicted molar refractivity (Wildman–Crippen MR) is 76.6 cm³/mol. The lowest BCUT2D eigenvalue weighted by molar-refractivity contribution is -0.118. The second-order valence-corrected chi connectivity index (χ2v) is 6.16. The van der Waals surface area contributed by atoms with Crippen molar-refractivity contribution in [2.75, 3.05) is 5.43 Å². The summed E-state index contributed by atoms with van der Waals surface area (Å²) in [4.78, 5) is 14.9. The van der Waals surface area contributed by atoms with Gasteiger partial charge < -0.3 is 11.2 Å². The Kier molecular flexibility index (Phi) is 4.11. The Labute approximate surface area is 121 Å². The van der Waals surface area contributed by atoms with Gasteiger partial charge in [-0.25, -0.2) is 24.0 Å². The second kappa shape index (κ2) is 5.68. The van der Waals surface area contributed by atoms with Gasteiger partial charge in [0.05, 0.1) is 0 Å². The molecule has 0 radical (unpaired) electrons. The van der Waals surface area contributed by atoms with Crippen molar-refractivity contribution in [2.45, 2.75) is 24.4 Å². The van der Waals surface area contributed by atoms with Gasteiger partial charge in [-0.05, 0) is 19.1 Å². The summed E-state index contributed by atoms with van der Waals surface area (Å²) in [5.41, 5.74) is 7.74. The van der Waals surface area contributed by atoms with Gasteiger partial charge in [0.2, 0.25) is 5.91 Å². The Morgan fingerprint density at radius 1 is 1.48 bits per heavy atom. The number of primary amides is 1. The molecule has 0 fully saturated rings. The first-order valence-corrected chi connectivity index (χ1v) is 7.58. The molecule has 1 amide bonds.